The van der Waals surface area contributed by atoms with Gasteiger partial charge >= 0.3 is 0 Å². The Bertz CT molecular complexity index is 1070. The summed E-state index contributed by atoms with van der Waals surface area (Å²) < 4.78 is 12.1. The highest BCUT2D eigenvalue weighted by atomic mass is 32.2. The van der Waals surface area contributed by atoms with Gasteiger partial charge in [-0.05, 0) is 31.5 Å². The van der Waals surface area contributed by atoms with E-state index in [2.05, 4.69) is 22.1 Å². The van der Waals surface area contributed by atoms with Gasteiger partial charge in [0.15, 0.2) is 11.5 Å². The monoisotopic (exact) mass is 438 g/mol. The molecule has 1 atom stereocenters. The van der Waals surface area contributed by atoms with Crippen LogP contribution >= 0.6 is 11.8 Å². The summed E-state index contributed by atoms with van der Waals surface area (Å²) >= 11 is 1.57. The van der Waals surface area contributed by atoms with E-state index in [1.54, 1.807) is 16.7 Å². The number of anilines is 1. The Morgan fingerprint density at radius 3 is 2.71 bits per heavy atom. The first kappa shape index (κ1) is 21.4. The van der Waals surface area contributed by atoms with E-state index in [0.29, 0.717) is 28.2 Å². The zero-order valence-electron chi connectivity index (χ0n) is 18.0. The molecule has 3 heterocycles. The predicted octanol–water partition coefficient (Wildman–Crippen LogP) is 5.56. The second-order valence-electron chi connectivity index (χ2n) is 7.48. The van der Waals surface area contributed by atoms with E-state index >= 15 is 0 Å². The van der Waals surface area contributed by atoms with Crippen molar-refractivity contribution in [3.63, 3.8) is 0 Å². The first-order valence-electron chi connectivity index (χ1n) is 10.6. The Morgan fingerprint density at radius 2 is 1.97 bits per heavy atom. The Balaban J connectivity index is 1.72. The first-order valence-corrected chi connectivity index (χ1v) is 11.6. The van der Waals surface area contributed by atoms with Gasteiger partial charge < -0.3 is 9.15 Å². The van der Waals surface area contributed by atoms with Crippen LogP contribution in [0.4, 0.5) is 5.69 Å². The fraction of sp³-hybridized carbons (Fsp3) is 0.391. The van der Waals surface area contributed by atoms with E-state index in [1.807, 2.05) is 43.3 Å². The van der Waals surface area contributed by atoms with Crippen LogP contribution in [0.5, 0.6) is 5.88 Å². The van der Waals surface area contributed by atoms with Gasteiger partial charge in [-0.2, -0.15) is 4.98 Å². The van der Waals surface area contributed by atoms with E-state index in [1.165, 1.54) is 26.2 Å². The van der Waals surface area contributed by atoms with Gasteiger partial charge in [-0.15, -0.1) is 10.2 Å². The number of fused-ring (bicyclic) bond motifs is 3. The first-order chi connectivity index (χ1) is 15.1. The van der Waals surface area contributed by atoms with Gasteiger partial charge in [0.05, 0.1) is 5.69 Å². The molecule has 1 aromatic carbocycles. The topological polar surface area (TPSA) is 81.3 Å². The number of nitrogens with zero attached hydrogens (tertiary/aromatic N) is 4. The van der Waals surface area contributed by atoms with Gasteiger partial charge in [0.25, 0.3) is 0 Å². The van der Waals surface area contributed by atoms with Crippen LogP contribution in [0.15, 0.2) is 46.0 Å². The molecule has 31 heavy (non-hydrogen) atoms. The molecule has 3 aromatic rings. The highest BCUT2D eigenvalue weighted by Crippen LogP contribution is 2.43. The summed E-state index contributed by atoms with van der Waals surface area (Å²) in [5.74, 6) is 2.38. The number of benzene rings is 1. The Kier molecular flexibility index (Phi) is 6.56. The lowest BCUT2D eigenvalue weighted by Crippen LogP contribution is -2.35. The second kappa shape index (κ2) is 9.51. The molecular weight excluding hydrogens is 412 g/mol. The molecule has 162 valence electrons. The van der Waals surface area contributed by atoms with Gasteiger partial charge in [-0.25, -0.2) is 0 Å². The molecule has 0 spiro atoms. The molecule has 2 aromatic heterocycles. The molecule has 1 amide bonds. The van der Waals surface area contributed by atoms with Crippen LogP contribution in [-0.2, 0) is 4.79 Å². The summed E-state index contributed by atoms with van der Waals surface area (Å²) in [7, 11) is 0. The van der Waals surface area contributed by atoms with Crippen LogP contribution in [-0.4, -0.2) is 26.8 Å². The van der Waals surface area contributed by atoms with Crippen LogP contribution in [0, 0.1) is 6.92 Å². The minimum Gasteiger partial charge on any atom is -0.460 e. The van der Waals surface area contributed by atoms with Crippen LogP contribution < -0.4 is 9.64 Å². The van der Waals surface area contributed by atoms with Crippen molar-refractivity contribution in [1.29, 1.82) is 0 Å². The fourth-order valence-corrected chi connectivity index (χ4v) is 4.35. The maximum absolute atomic E-state index is 12.7. The number of aromatic nitrogens is 3. The summed E-state index contributed by atoms with van der Waals surface area (Å²) in [6.45, 7) is 5.57. The van der Waals surface area contributed by atoms with Crippen LogP contribution in [0.25, 0.3) is 11.3 Å². The number of carbonyl (C=O) groups excluding carboxylic acids is 1. The van der Waals surface area contributed by atoms with Gasteiger partial charge in [0.2, 0.25) is 23.2 Å². The van der Waals surface area contributed by atoms with Crippen molar-refractivity contribution >= 4 is 23.4 Å². The average molecular weight is 439 g/mol. The average Bonchev–Trinajstić information content (AvgIpc) is 3.13. The number of amides is 1. The summed E-state index contributed by atoms with van der Waals surface area (Å²) in [5.41, 5.74) is 1.95. The number of hydrogen-bond acceptors (Lipinski definition) is 7. The van der Waals surface area contributed by atoms with Gasteiger partial charge in [0.1, 0.15) is 5.76 Å². The molecule has 8 heteroatoms. The summed E-state index contributed by atoms with van der Waals surface area (Å²) in [5, 5.41) is 9.32. The molecular formula is C23H26N4O3S. The number of furan rings is 1. The van der Waals surface area contributed by atoms with Crippen LogP contribution in [0.2, 0.25) is 0 Å². The smallest absolute Gasteiger partial charge is 0.247 e. The fourth-order valence-electron chi connectivity index (χ4n) is 3.58. The molecule has 0 saturated heterocycles. The molecule has 0 bridgehead atoms. The number of thioether (sulfide) groups is 1. The van der Waals surface area contributed by atoms with Crippen molar-refractivity contribution in [3.05, 3.63) is 47.9 Å². The largest absolute Gasteiger partial charge is 0.460 e. The molecule has 0 aliphatic carbocycles. The summed E-state index contributed by atoms with van der Waals surface area (Å²) in [4.78, 5) is 18.9. The lowest BCUT2D eigenvalue weighted by atomic mass is 10.1. The van der Waals surface area contributed by atoms with Gasteiger partial charge in [-0.1, -0.05) is 56.1 Å². The maximum atomic E-state index is 12.7. The number of carbonyl (C=O) groups is 1. The van der Waals surface area contributed by atoms with Crippen molar-refractivity contribution < 1.29 is 13.9 Å². The molecule has 0 unspecified atom stereocenters. The predicted molar refractivity (Wildman–Crippen MR) is 120 cm³/mol. The van der Waals surface area contributed by atoms with Gasteiger partial charge in [0, 0.05) is 18.2 Å². The molecule has 1 aliphatic heterocycles. The normalized spacial score (nSPS) is 15.1. The molecule has 0 N–H and O–H groups in total. The molecule has 7 nitrogen and oxygen atoms in total. The lowest BCUT2D eigenvalue weighted by Gasteiger charge is -2.28. The van der Waals surface area contributed by atoms with Crippen molar-refractivity contribution in [1.82, 2.24) is 15.2 Å². The Hall–Kier alpha value is -2.87. The molecule has 0 saturated carbocycles. The van der Waals surface area contributed by atoms with E-state index < -0.39 is 6.23 Å². The Morgan fingerprint density at radius 1 is 1.13 bits per heavy atom. The van der Waals surface area contributed by atoms with E-state index in [0.717, 1.165) is 23.5 Å². The number of rotatable bonds is 7. The SMILES string of the molecule is CCCCCCSc1nnc2c(n1)O[C@@H](c1ccc(C)o1)N(C(C)=O)c1ccccc1-2. The minimum absolute atomic E-state index is 0.169. The van der Waals surface area contributed by atoms with Crippen molar-refractivity contribution in [2.24, 2.45) is 0 Å². The minimum atomic E-state index is -0.785. The third kappa shape index (κ3) is 4.58. The molecule has 0 radical (unpaired) electrons. The highest BCUT2D eigenvalue weighted by molar-refractivity contribution is 7.99. The molecule has 4 rings (SSSR count). The standard InChI is InChI=1S/C23H26N4O3S/c1-4-5-6-9-14-31-23-24-21-20(25-26-23)17-10-7-8-11-18(17)27(16(3)28)22(30-21)19-13-12-15(2)29-19/h7-8,10-13,22H,4-6,9,14H2,1-3H3/t22-/m0/s1. The van der Waals surface area contributed by atoms with E-state index in [-0.39, 0.29) is 5.91 Å². The van der Waals surface area contributed by atoms with Gasteiger partial charge in [-0.3, -0.25) is 9.69 Å². The number of ether oxygens (including phenoxy) is 1. The summed E-state index contributed by atoms with van der Waals surface area (Å²) in [6, 6.07) is 11.2. The maximum Gasteiger partial charge on any atom is 0.247 e. The molecule has 1 aliphatic rings. The van der Waals surface area contributed by atoms with Crippen LogP contribution in [0.1, 0.15) is 57.3 Å². The highest BCUT2D eigenvalue weighted by Gasteiger charge is 2.36. The van der Waals surface area contributed by atoms with E-state index in [4.69, 9.17) is 9.15 Å². The zero-order chi connectivity index (χ0) is 21.8. The number of para-hydroxylation sites is 1. The molecule has 0 fully saturated rings. The van der Waals surface area contributed by atoms with Crippen molar-refractivity contribution in [2.75, 3.05) is 10.7 Å². The number of aryl methyl sites for hydroxylation is 1. The lowest BCUT2D eigenvalue weighted by molar-refractivity contribution is -0.118. The number of hydrogen-bond donors (Lipinski definition) is 0. The van der Waals surface area contributed by atoms with Crippen molar-refractivity contribution in [3.8, 4) is 17.1 Å². The summed E-state index contributed by atoms with van der Waals surface area (Å²) in [6.07, 6.45) is 3.95. The Labute approximate surface area is 186 Å². The quantitative estimate of drug-likeness (QED) is 0.353. The third-order valence-electron chi connectivity index (χ3n) is 5.08. The second-order valence-corrected chi connectivity index (χ2v) is 8.54. The van der Waals surface area contributed by atoms with Crippen LogP contribution in [0.3, 0.4) is 0 Å². The third-order valence-corrected chi connectivity index (χ3v) is 6.01. The van der Waals surface area contributed by atoms with E-state index in [9.17, 15) is 4.79 Å². The number of unbranched alkanes of at least 4 members (excludes halogenated alkanes) is 3. The van der Waals surface area contributed by atoms with Crippen molar-refractivity contribution in [2.45, 2.75) is 57.8 Å². The zero-order valence-corrected chi connectivity index (χ0v) is 18.8.